The van der Waals surface area contributed by atoms with Crippen LogP contribution in [0.25, 0.3) is 5.82 Å². The van der Waals surface area contributed by atoms with Crippen molar-refractivity contribution < 1.29 is 4.74 Å². The summed E-state index contributed by atoms with van der Waals surface area (Å²) in [5.74, 6) is 1.90. The van der Waals surface area contributed by atoms with Gasteiger partial charge in [-0.25, -0.2) is 15.0 Å². The van der Waals surface area contributed by atoms with Gasteiger partial charge < -0.3 is 4.74 Å². The summed E-state index contributed by atoms with van der Waals surface area (Å²) in [5.41, 5.74) is 0. The quantitative estimate of drug-likeness (QED) is 0.544. The molecule has 3 heterocycles. The molecule has 6 nitrogen and oxygen atoms in total. The molecule has 4 aromatic rings. The van der Waals surface area contributed by atoms with Gasteiger partial charge in [-0.1, -0.05) is 11.8 Å². The molecular formula is C18H13N5OS. The maximum Gasteiger partial charge on any atom is 0.224 e. The Balaban J connectivity index is 1.47. The highest BCUT2D eigenvalue weighted by Gasteiger charge is 2.04. The predicted octanol–water partition coefficient (Wildman–Crippen LogP) is 4.00. The summed E-state index contributed by atoms with van der Waals surface area (Å²) in [4.78, 5) is 18.7. The maximum atomic E-state index is 5.82. The highest BCUT2D eigenvalue weighted by Crippen LogP contribution is 2.29. The molecular weight excluding hydrogens is 334 g/mol. The minimum atomic E-state index is 0.480. The molecule has 3 aromatic heterocycles. The lowest BCUT2D eigenvalue weighted by Gasteiger charge is -2.07. The van der Waals surface area contributed by atoms with E-state index in [4.69, 9.17) is 4.74 Å². The van der Waals surface area contributed by atoms with Crippen LogP contribution in [0.1, 0.15) is 0 Å². The van der Waals surface area contributed by atoms with E-state index in [1.807, 2.05) is 42.6 Å². The second-order valence-corrected chi connectivity index (χ2v) is 6.19. The Labute approximate surface area is 148 Å². The molecule has 0 spiro atoms. The van der Waals surface area contributed by atoms with Crippen molar-refractivity contribution in [2.75, 3.05) is 0 Å². The van der Waals surface area contributed by atoms with Crippen LogP contribution in [0.15, 0.2) is 89.7 Å². The fraction of sp³-hybridized carbons (Fsp3) is 0. The Bertz CT molecular complexity index is 943. The molecule has 4 rings (SSSR count). The number of aromatic nitrogens is 5. The van der Waals surface area contributed by atoms with E-state index >= 15 is 0 Å². The summed E-state index contributed by atoms with van der Waals surface area (Å²) >= 11 is 1.67. The van der Waals surface area contributed by atoms with Crippen LogP contribution in [0.3, 0.4) is 0 Å². The third-order valence-electron chi connectivity index (χ3n) is 3.33. The van der Waals surface area contributed by atoms with E-state index in [2.05, 4.69) is 19.9 Å². The van der Waals surface area contributed by atoms with Gasteiger partial charge in [0.15, 0.2) is 0 Å². The first-order valence-corrected chi connectivity index (χ1v) is 8.35. The van der Waals surface area contributed by atoms with Crippen molar-refractivity contribution in [3.8, 4) is 17.4 Å². The van der Waals surface area contributed by atoms with Crippen molar-refractivity contribution >= 4 is 11.8 Å². The monoisotopic (exact) mass is 347 g/mol. The fourth-order valence-electron chi connectivity index (χ4n) is 2.16. The van der Waals surface area contributed by atoms with Crippen LogP contribution in [0.5, 0.6) is 11.6 Å². The van der Waals surface area contributed by atoms with Crippen molar-refractivity contribution in [3.63, 3.8) is 0 Å². The average molecular weight is 347 g/mol. The van der Waals surface area contributed by atoms with Crippen molar-refractivity contribution in [1.29, 1.82) is 0 Å². The standard InChI is InChI=1S/C18H13N5OS/c1-3-15(25-16-5-7-19-8-6-16)4-2-14(1)24-18-11-17(21-12-22-18)23-10-9-20-13-23/h1-13H. The first-order chi connectivity index (χ1) is 12.4. The molecule has 0 atom stereocenters. The first-order valence-electron chi connectivity index (χ1n) is 7.53. The van der Waals surface area contributed by atoms with Gasteiger partial charge in [-0.05, 0) is 36.4 Å². The van der Waals surface area contributed by atoms with E-state index in [9.17, 15) is 0 Å². The summed E-state index contributed by atoms with van der Waals surface area (Å²) < 4.78 is 7.61. The number of imidazole rings is 1. The Morgan fingerprint density at radius 1 is 0.840 bits per heavy atom. The molecule has 0 saturated heterocycles. The number of hydrogen-bond donors (Lipinski definition) is 0. The molecule has 0 fully saturated rings. The summed E-state index contributed by atoms with van der Waals surface area (Å²) in [5, 5.41) is 0. The summed E-state index contributed by atoms with van der Waals surface area (Å²) in [6.07, 6.45) is 10.2. The number of pyridine rings is 1. The third-order valence-corrected chi connectivity index (χ3v) is 4.34. The van der Waals surface area contributed by atoms with Crippen LogP contribution in [-0.4, -0.2) is 24.5 Å². The van der Waals surface area contributed by atoms with Crippen LogP contribution >= 0.6 is 11.8 Å². The number of ether oxygens (including phenoxy) is 1. The number of benzene rings is 1. The predicted molar refractivity (Wildman–Crippen MR) is 94.0 cm³/mol. The van der Waals surface area contributed by atoms with Gasteiger partial charge in [0.1, 0.15) is 24.2 Å². The molecule has 122 valence electrons. The van der Waals surface area contributed by atoms with Gasteiger partial charge >= 0.3 is 0 Å². The lowest BCUT2D eigenvalue weighted by molar-refractivity contribution is 0.460. The van der Waals surface area contributed by atoms with Crippen molar-refractivity contribution in [3.05, 3.63) is 79.9 Å². The minimum absolute atomic E-state index is 0.480. The molecule has 0 unspecified atom stereocenters. The second-order valence-electron chi connectivity index (χ2n) is 5.04. The molecule has 25 heavy (non-hydrogen) atoms. The van der Waals surface area contributed by atoms with Crippen LogP contribution in [0.4, 0.5) is 0 Å². The van der Waals surface area contributed by atoms with E-state index in [1.54, 1.807) is 47.3 Å². The number of nitrogens with zero attached hydrogens (tertiary/aromatic N) is 5. The molecule has 0 N–H and O–H groups in total. The normalized spacial score (nSPS) is 10.6. The van der Waals surface area contributed by atoms with Gasteiger partial charge in [0, 0.05) is 40.6 Å². The van der Waals surface area contributed by atoms with Crippen molar-refractivity contribution in [1.82, 2.24) is 24.5 Å². The molecule has 0 aliphatic rings. The number of hydrogen-bond acceptors (Lipinski definition) is 6. The summed E-state index contributed by atoms with van der Waals surface area (Å²) in [7, 11) is 0. The molecule has 0 saturated carbocycles. The Hall–Kier alpha value is -3.19. The zero-order valence-corrected chi connectivity index (χ0v) is 13.9. The van der Waals surface area contributed by atoms with E-state index in [0.29, 0.717) is 17.4 Å². The maximum absolute atomic E-state index is 5.82. The van der Waals surface area contributed by atoms with Gasteiger partial charge in [-0.15, -0.1) is 0 Å². The Morgan fingerprint density at radius 3 is 2.40 bits per heavy atom. The van der Waals surface area contributed by atoms with E-state index in [-0.39, 0.29) is 0 Å². The van der Waals surface area contributed by atoms with E-state index in [1.165, 1.54) is 6.33 Å². The van der Waals surface area contributed by atoms with Crippen LogP contribution in [0, 0.1) is 0 Å². The largest absolute Gasteiger partial charge is 0.439 e. The molecule has 1 aromatic carbocycles. The molecule has 0 aliphatic carbocycles. The highest BCUT2D eigenvalue weighted by molar-refractivity contribution is 7.99. The zero-order chi connectivity index (χ0) is 16.9. The van der Waals surface area contributed by atoms with Crippen LogP contribution in [0.2, 0.25) is 0 Å². The van der Waals surface area contributed by atoms with Gasteiger partial charge in [0.05, 0.1) is 0 Å². The third kappa shape index (κ3) is 3.84. The van der Waals surface area contributed by atoms with Gasteiger partial charge in [0.25, 0.3) is 0 Å². The minimum Gasteiger partial charge on any atom is -0.439 e. The SMILES string of the molecule is c1cc(Sc2ccc(Oc3cc(-n4ccnc4)ncn3)cc2)ccn1. The van der Waals surface area contributed by atoms with E-state index < -0.39 is 0 Å². The molecule has 0 radical (unpaired) electrons. The second kappa shape index (κ2) is 7.14. The molecule has 0 bridgehead atoms. The van der Waals surface area contributed by atoms with Gasteiger partial charge in [-0.3, -0.25) is 9.55 Å². The number of rotatable bonds is 5. The van der Waals surface area contributed by atoms with E-state index in [0.717, 1.165) is 9.79 Å². The molecule has 0 amide bonds. The molecule has 0 aliphatic heterocycles. The average Bonchev–Trinajstić information content (AvgIpc) is 3.19. The Morgan fingerprint density at radius 2 is 1.64 bits per heavy atom. The van der Waals surface area contributed by atoms with Gasteiger partial charge in [0.2, 0.25) is 5.88 Å². The van der Waals surface area contributed by atoms with Gasteiger partial charge in [-0.2, -0.15) is 0 Å². The molecule has 7 heteroatoms. The Kier molecular flexibility index (Phi) is 4.38. The lowest BCUT2D eigenvalue weighted by Crippen LogP contribution is -1.96. The fourth-order valence-corrected chi connectivity index (χ4v) is 2.96. The van der Waals surface area contributed by atoms with Crippen molar-refractivity contribution in [2.24, 2.45) is 0 Å². The first kappa shape index (κ1) is 15.3. The zero-order valence-electron chi connectivity index (χ0n) is 13.1. The lowest BCUT2D eigenvalue weighted by atomic mass is 10.3. The van der Waals surface area contributed by atoms with Crippen molar-refractivity contribution in [2.45, 2.75) is 9.79 Å². The van der Waals surface area contributed by atoms with Crippen LogP contribution in [-0.2, 0) is 0 Å². The van der Waals surface area contributed by atoms with Crippen LogP contribution < -0.4 is 4.74 Å². The highest BCUT2D eigenvalue weighted by atomic mass is 32.2. The topological polar surface area (TPSA) is 65.7 Å². The summed E-state index contributed by atoms with van der Waals surface area (Å²) in [6.45, 7) is 0. The smallest absolute Gasteiger partial charge is 0.224 e. The summed E-state index contributed by atoms with van der Waals surface area (Å²) in [6, 6.07) is 13.6.